The standard InChI is InChI=1S/C25H30N2O6S/c1-16-5-8-20(34(29,30)26-18-6-7-18)15-21(16)25(28)27-11-9-17(10-12-27)24-22(32-3)13-19(31-2)14-23(24)33-4/h5,8-9,13-15,18,26H,6-7,10-12H2,1-4H3. The summed E-state index contributed by atoms with van der Waals surface area (Å²) >= 11 is 0. The van der Waals surface area contributed by atoms with Crippen molar-refractivity contribution < 1.29 is 27.4 Å². The minimum atomic E-state index is -3.64. The average Bonchev–Trinajstić information content (AvgIpc) is 3.66. The summed E-state index contributed by atoms with van der Waals surface area (Å²) in [4.78, 5) is 15.2. The van der Waals surface area contributed by atoms with Crippen LogP contribution in [0.3, 0.4) is 0 Å². The minimum Gasteiger partial charge on any atom is -0.496 e. The molecule has 8 nitrogen and oxygen atoms in total. The number of aryl methyl sites for hydroxylation is 1. The second-order valence-corrected chi connectivity index (χ2v) is 10.2. The molecule has 0 aromatic heterocycles. The molecule has 182 valence electrons. The molecule has 0 bridgehead atoms. The normalized spacial score (nSPS) is 16.1. The predicted octanol–water partition coefficient (Wildman–Crippen LogP) is 3.39. The van der Waals surface area contributed by atoms with Crippen LogP contribution in [-0.4, -0.2) is 59.7 Å². The van der Waals surface area contributed by atoms with E-state index < -0.39 is 10.0 Å². The highest BCUT2D eigenvalue weighted by atomic mass is 32.2. The Morgan fingerprint density at radius 1 is 1.03 bits per heavy atom. The Kier molecular flexibility index (Phi) is 6.86. The summed E-state index contributed by atoms with van der Waals surface area (Å²) in [5.41, 5.74) is 2.99. The van der Waals surface area contributed by atoms with E-state index in [9.17, 15) is 13.2 Å². The Balaban J connectivity index is 1.57. The topological polar surface area (TPSA) is 94.2 Å². The smallest absolute Gasteiger partial charge is 0.254 e. The molecule has 1 fully saturated rings. The van der Waals surface area contributed by atoms with Gasteiger partial charge in [0.2, 0.25) is 10.0 Å². The molecule has 9 heteroatoms. The summed E-state index contributed by atoms with van der Waals surface area (Å²) in [6.07, 6.45) is 4.29. The van der Waals surface area contributed by atoms with Crippen molar-refractivity contribution >= 4 is 21.5 Å². The molecular weight excluding hydrogens is 456 g/mol. The van der Waals surface area contributed by atoms with Gasteiger partial charge in [0.15, 0.2) is 0 Å². The SMILES string of the molecule is COc1cc(OC)c(C2=CCN(C(=O)c3cc(S(=O)(=O)NC4CC4)ccc3C)CC2)c(OC)c1. The lowest BCUT2D eigenvalue weighted by Gasteiger charge is -2.28. The molecule has 1 aliphatic carbocycles. The number of ether oxygens (including phenoxy) is 3. The maximum atomic E-state index is 13.3. The Labute approximate surface area is 200 Å². The van der Waals surface area contributed by atoms with Gasteiger partial charge < -0.3 is 19.1 Å². The second kappa shape index (κ2) is 9.68. The van der Waals surface area contributed by atoms with E-state index in [1.165, 1.54) is 6.07 Å². The van der Waals surface area contributed by atoms with Gasteiger partial charge in [-0.15, -0.1) is 0 Å². The van der Waals surface area contributed by atoms with E-state index in [1.54, 1.807) is 50.5 Å². The van der Waals surface area contributed by atoms with Crippen LogP contribution in [0.4, 0.5) is 0 Å². The first kappa shape index (κ1) is 24.1. The van der Waals surface area contributed by atoms with Crippen molar-refractivity contribution in [1.82, 2.24) is 9.62 Å². The van der Waals surface area contributed by atoms with Crippen molar-refractivity contribution in [2.24, 2.45) is 0 Å². The van der Waals surface area contributed by atoms with Crippen LogP contribution in [0.2, 0.25) is 0 Å². The lowest BCUT2D eigenvalue weighted by Crippen LogP contribution is -2.35. The van der Waals surface area contributed by atoms with Gasteiger partial charge >= 0.3 is 0 Å². The number of amides is 1. The van der Waals surface area contributed by atoms with Gasteiger partial charge in [-0.25, -0.2) is 13.1 Å². The lowest BCUT2D eigenvalue weighted by atomic mass is 9.96. The van der Waals surface area contributed by atoms with Gasteiger partial charge in [0.25, 0.3) is 5.91 Å². The Bertz CT molecular complexity index is 1210. The first-order chi connectivity index (χ1) is 16.3. The zero-order valence-electron chi connectivity index (χ0n) is 19.9. The number of sulfonamides is 1. The summed E-state index contributed by atoms with van der Waals surface area (Å²) in [6, 6.07) is 8.34. The number of carbonyl (C=O) groups excluding carboxylic acids is 1. The first-order valence-electron chi connectivity index (χ1n) is 11.2. The molecule has 34 heavy (non-hydrogen) atoms. The van der Waals surface area contributed by atoms with Crippen molar-refractivity contribution in [1.29, 1.82) is 0 Å². The van der Waals surface area contributed by atoms with Crippen LogP contribution in [-0.2, 0) is 10.0 Å². The zero-order valence-corrected chi connectivity index (χ0v) is 20.7. The first-order valence-corrected chi connectivity index (χ1v) is 12.7. The van der Waals surface area contributed by atoms with Crippen LogP contribution in [0.1, 0.15) is 40.7 Å². The highest BCUT2D eigenvalue weighted by molar-refractivity contribution is 7.89. The van der Waals surface area contributed by atoms with Gasteiger partial charge in [-0.3, -0.25) is 4.79 Å². The molecule has 2 aliphatic rings. The van der Waals surface area contributed by atoms with E-state index in [0.29, 0.717) is 42.3 Å². The van der Waals surface area contributed by atoms with Crippen LogP contribution in [0.15, 0.2) is 41.3 Å². The van der Waals surface area contributed by atoms with Crippen molar-refractivity contribution in [3.63, 3.8) is 0 Å². The Morgan fingerprint density at radius 3 is 2.24 bits per heavy atom. The van der Waals surface area contributed by atoms with Gasteiger partial charge in [-0.2, -0.15) is 0 Å². The quantitative estimate of drug-likeness (QED) is 0.615. The van der Waals surface area contributed by atoms with Crippen LogP contribution >= 0.6 is 0 Å². The van der Waals surface area contributed by atoms with Crippen molar-refractivity contribution in [3.05, 3.63) is 53.1 Å². The van der Waals surface area contributed by atoms with Crippen LogP contribution in [0.5, 0.6) is 17.2 Å². The Hall–Kier alpha value is -3.04. The van der Waals surface area contributed by atoms with Crippen LogP contribution in [0, 0.1) is 6.92 Å². The number of rotatable bonds is 8. The zero-order chi connectivity index (χ0) is 24.5. The maximum Gasteiger partial charge on any atom is 0.254 e. The molecule has 0 atom stereocenters. The number of nitrogens with zero attached hydrogens (tertiary/aromatic N) is 1. The second-order valence-electron chi connectivity index (χ2n) is 8.51. The molecular formula is C25H30N2O6S. The summed E-state index contributed by atoms with van der Waals surface area (Å²) in [6.45, 7) is 2.69. The number of carbonyl (C=O) groups is 1. The number of benzene rings is 2. The molecule has 0 unspecified atom stereocenters. The van der Waals surface area contributed by atoms with Crippen molar-refractivity contribution in [3.8, 4) is 17.2 Å². The molecule has 1 heterocycles. The monoisotopic (exact) mass is 486 g/mol. The van der Waals surface area contributed by atoms with E-state index in [0.717, 1.165) is 29.5 Å². The predicted molar refractivity (Wildman–Crippen MR) is 129 cm³/mol. The minimum absolute atomic E-state index is 0.00282. The van der Waals surface area contributed by atoms with E-state index in [4.69, 9.17) is 14.2 Å². The number of hydrogen-bond donors (Lipinski definition) is 1. The molecule has 1 N–H and O–H groups in total. The largest absolute Gasteiger partial charge is 0.496 e. The van der Waals surface area contributed by atoms with Gasteiger partial charge in [0.05, 0.1) is 31.8 Å². The van der Waals surface area contributed by atoms with Gasteiger partial charge in [-0.05, 0) is 49.5 Å². The highest BCUT2D eigenvalue weighted by Crippen LogP contribution is 2.41. The summed E-state index contributed by atoms with van der Waals surface area (Å²) in [7, 11) is 1.14. The fraction of sp³-hybridized carbons (Fsp3) is 0.400. The summed E-state index contributed by atoms with van der Waals surface area (Å²) in [5.74, 6) is 1.72. The summed E-state index contributed by atoms with van der Waals surface area (Å²) < 4.78 is 44.4. The van der Waals surface area contributed by atoms with Gasteiger partial charge in [0.1, 0.15) is 17.2 Å². The van der Waals surface area contributed by atoms with Crippen molar-refractivity contribution in [2.45, 2.75) is 37.1 Å². The van der Waals surface area contributed by atoms with Gasteiger partial charge in [-0.1, -0.05) is 12.1 Å². The molecule has 0 radical (unpaired) electrons. The number of nitrogens with one attached hydrogen (secondary N) is 1. The lowest BCUT2D eigenvalue weighted by molar-refractivity contribution is 0.0772. The van der Waals surface area contributed by atoms with E-state index >= 15 is 0 Å². The van der Waals surface area contributed by atoms with Crippen molar-refractivity contribution in [2.75, 3.05) is 34.4 Å². The molecule has 1 amide bonds. The van der Waals surface area contributed by atoms with Crippen LogP contribution < -0.4 is 18.9 Å². The van der Waals surface area contributed by atoms with E-state index in [-0.39, 0.29) is 16.8 Å². The van der Waals surface area contributed by atoms with E-state index in [1.807, 2.05) is 13.0 Å². The third-order valence-corrected chi connectivity index (χ3v) is 7.70. The number of methoxy groups -OCH3 is 3. The molecule has 0 saturated heterocycles. The maximum absolute atomic E-state index is 13.3. The molecule has 4 rings (SSSR count). The summed E-state index contributed by atoms with van der Waals surface area (Å²) in [5, 5.41) is 0. The molecule has 1 aliphatic heterocycles. The third-order valence-electron chi connectivity index (χ3n) is 6.18. The number of hydrogen-bond acceptors (Lipinski definition) is 6. The van der Waals surface area contributed by atoms with Crippen LogP contribution in [0.25, 0.3) is 5.57 Å². The fourth-order valence-corrected chi connectivity index (χ4v) is 5.39. The Morgan fingerprint density at radius 2 is 1.71 bits per heavy atom. The molecule has 2 aromatic rings. The average molecular weight is 487 g/mol. The molecule has 0 spiro atoms. The molecule has 1 saturated carbocycles. The molecule has 2 aromatic carbocycles. The highest BCUT2D eigenvalue weighted by Gasteiger charge is 2.29. The van der Waals surface area contributed by atoms with E-state index in [2.05, 4.69) is 4.72 Å². The third kappa shape index (κ3) is 4.90. The van der Waals surface area contributed by atoms with Gasteiger partial charge in [0, 0.05) is 36.8 Å². The fourth-order valence-electron chi connectivity index (χ4n) is 4.06.